The fraction of sp³-hybridized carbons (Fsp3) is 0.333. The van der Waals surface area contributed by atoms with Crippen molar-refractivity contribution in [3.8, 4) is 5.75 Å². The van der Waals surface area contributed by atoms with Crippen LogP contribution in [0.2, 0.25) is 0 Å². The third-order valence-electron chi connectivity index (χ3n) is 4.42. The first-order chi connectivity index (χ1) is 12.1. The van der Waals surface area contributed by atoms with Gasteiger partial charge in [-0.05, 0) is 45.8 Å². The Kier molecular flexibility index (Phi) is 5.55. The van der Waals surface area contributed by atoms with E-state index in [1.165, 1.54) is 5.56 Å². The molecular weight excluding hydrogens is 386 g/mol. The second-order valence-electron chi connectivity index (χ2n) is 6.01. The van der Waals surface area contributed by atoms with Crippen LogP contribution in [-0.4, -0.2) is 43.1 Å². The normalized spacial score (nSPS) is 15.2. The lowest BCUT2D eigenvalue weighted by atomic mass is 10.1. The van der Waals surface area contributed by atoms with Gasteiger partial charge in [-0.3, -0.25) is 15.0 Å². The summed E-state index contributed by atoms with van der Waals surface area (Å²) in [5, 5.41) is 10.7. The van der Waals surface area contributed by atoms with Crippen molar-refractivity contribution >= 4 is 27.3 Å². The molecule has 0 N–H and O–H groups in total. The summed E-state index contributed by atoms with van der Waals surface area (Å²) in [6.45, 7) is 4.64. The Hall–Kier alpha value is -2.12. The number of anilines is 1. The summed E-state index contributed by atoms with van der Waals surface area (Å²) in [4.78, 5) is 15.1. The number of nitro benzene ring substituents is 1. The number of methoxy groups -OCH3 is 1. The zero-order chi connectivity index (χ0) is 17.8. The Morgan fingerprint density at radius 3 is 2.36 bits per heavy atom. The number of hydrogen-bond donors (Lipinski definition) is 0. The number of non-ortho nitro benzene ring substituents is 1. The molecule has 0 bridgehead atoms. The molecular formula is C18H20BrN3O3. The number of nitrogens with zero attached hydrogens (tertiary/aromatic N) is 3. The van der Waals surface area contributed by atoms with E-state index < -0.39 is 0 Å². The quantitative estimate of drug-likeness (QED) is 0.560. The average molecular weight is 406 g/mol. The Balaban J connectivity index is 1.56. The van der Waals surface area contributed by atoms with Crippen molar-refractivity contribution in [1.29, 1.82) is 0 Å². The van der Waals surface area contributed by atoms with Gasteiger partial charge in [0.1, 0.15) is 5.75 Å². The van der Waals surface area contributed by atoms with Crippen LogP contribution in [0.1, 0.15) is 5.56 Å². The molecule has 0 aromatic heterocycles. The SMILES string of the molecule is COc1ccc(CN2CCN(c3ccc([N+](=O)[O-])cc3)CC2)cc1Br. The minimum atomic E-state index is -0.366. The van der Waals surface area contributed by atoms with Crippen LogP contribution in [-0.2, 0) is 6.54 Å². The molecule has 1 aliphatic heterocycles. The summed E-state index contributed by atoms with van der Waals surface area (Å²) in [6, 6.07) is 13.0. The van der Waals surface area contributed by atoms with E-state index >= 15 is 0 Å². The minimum absolute atomic E-state index is 0.132. The van der Waals surface area contributed by atoms with E-state index in [1.54, 1.807) is 19.2 Å². The van der Waals surface area contributed by atoms with Gasteiger partial charge in [-0.15, -0.1) is 0 Å². The number of nitro groups is 1. The van der Waals surface area contributed by atoms with Gasteiger partial charge >= 0.3 is 0 Å². The van der Waals surface area contributed by atoms with E-state index in [1.807, 2.05) is 18.2 Å². The first-order valence-electron chi connectivity index (χ1n) is 8.11. The summed E-state index contributed by atoms with van der Waals surface area (Å²) in [6.07, 6.45) is 0. The fourth-order valence-corrected chi connectivity index (χ4v) is 3.60. The molecule has 1 aliphatic rings. The van der Waals surface area contributed by atoms with Crippen molar-refractivity contribution in [2.75, 3.05) is 38.2 Å². The number of hydrogen-bond acceptors (Lipinski definition) is 5. The van der Waals surface area contributed by atoms with Gasteiger partial charge in [0.25, 0.3) is 5.69 Å². The minimum Gasteiger partial charge on any atom is -0.496 e. The molecule has 0 atom stereocenters. The molecule has 0 amide bonds. The molecule has 25 heavy (non-hydrogen) atoms. The summed E-state index contributed by atoms with van der Waals surface area (Å²) in [5.74, 6) is 0.840. The molecule has 1 fully saturated rings. The molecule has 1 heterocycles. The molecule has 3 rings (SSSR count). The van der Waals surface area contributed by atoms with Gasteiger partial charge in [-0.25, -0.2) is 0 Å². The highest BCUT2D eigenvalue weighted by Gasteiger charge is 2.18. The number of ether oxygens (including phenoxy) is 1. The predicted octanol–water partition coefficient (Wildman–Crippen LogP) is 3.69. The van der Waals surface area contributed by atoms with Gasteiger partial charge in [-0.1, -0.05) is 6.07 Å². The molecule has 2 aromatic rings. The zero-order valence-corrected chi connectivity index (χ0v) is 15.6. The van der Waals surface area contributed by atoms with E-state index in [-0.39, 0.29) is 10.6 Å². The van der Waals surface area contributed by atoms with Crippen molar-refractivity contribution in [3.63, 3.8) is 0 Å². The molecule has 0 radical (unpaired) electrons. The van der Waals surface area contributed by atoms with Crippen LogP contribution in [0.15, 0.2) is 46.9 Å². The van der Waals surface area contributed by atoms with Crippen LogP contribution in [0.4, 0.5) is 11.4 Å². The third kappa shape index (κ3) is 4.29. The monoisotopic (exact) mass is 405 g/mol. The topological polar surface area (TPSA) is 58.8 Å². The van der Waals surface area contributed by atoms with Crippen molar-refractivity contribution < 1.29 is 9.66 Å². The van der Waals surface area contributed by atoms with Crippen molar-refractivity contribution in [2.24, 2.45) is 0 Å². The van der Waals surface area contributed by atoms with E-state index in [2.05, 4.69) is 37.9 Å². The van der Waals surface area contributed by atoms with E-state index in [9.17, 15) is 10.1 Å². The average Bonchev–Trinajstić information content (AvgIpc) is 2.63. The zero-order valence-electron chi connectivity index (χ0n) is 14.0. The van der Waals surface area contributed by atoms with Gasteiger partial charge < -0.3 is 9.64 Å². The van der Waals surface area contributed by atoms with E-state index in [0.717, 1.165) is 48.6 Å². The van der Waals surface area contributed by atoms with Crippen LogP contribution in [0, 0.1) is 10.1 Å². The molecule has 1 saturated heterocycles. The maximum atomic E-state index is 10.7. The molecule has 6 nitrogen and oxygen atoms in total. The van der Waals surface area contributed by atoms with Gasteiger partial charge in [0.2, 0.25) is 0 Å². The number of piperazine rings is 1. The lowest BCUT2D eigenvalue weighted by molar-refractivity contribution is -0.384. The molecule has 0 spiro atoms. The van der Waals surface area contributed by atoms with Gasteiger partial charge in [0, 0.05) is 50.5 Å². The summed E-state index contributed by atoms with van der Waals surface area (Å²) >= 11 is 3.53. The highest BCUT2D eigenvalue weighted by Crippen LogP contribution is 2.26. The smallest absolute Gasteiger partial charge is 0.269 e. The predicted molar refractivity (Wildman–Crippen MR) is 101 cm³/mol. The maximum Gasteiger partial charge on any atom is 0.269 e. The fourth-order valence-electron chi connectivity index (χ4n) is 3.02. The van der Waals surface area contributed by atoms with E-state index in [4.69, 9.17) is 4.74 Å². The van der Waals surface area contributed by atoms with Gasteiger partial charge in [-0.2, -0.15) is 0 Å². The number of benzene rings is 2. The number of rotatable bonds is 5. The van der Waals surface area contributed by atoms with Crippen LogP contribution in [0.25, 0.3) is 0 Å². The van der Waals surface area contributed by atoms with Gasteiger partial charge in [0.05, 0.1) is 16.5 Å². The van der Waals surface area contributed by atoms with Crippen LogP contribution < -0.4 is 9.64 Å². The Bertz CT molecular complexity index is 744. The molecule has 132 valence electrons. The van der Waals surface area contributed by atoms with Crippen LogP contribution in [0.3, 0.4) is 0 Å². The van der Waals surface area contributed by atoms with Crippen LogP contribution in [0.5, 0.6) is 5.75 Å². The maximum absolute atomic E-state index is 10.7. The second-order valence-corrected chi connectivity index (χ2v) is 6.86. The van der Waals surface area contributed by atoms with Crippen molar-refractivity contribution in [3.05, 3.63) is 62.6 Å². The third-order valence-corrected chi connectivity index (χ3v) is 5.04. The molecule has 2 aromatic carbocycles. The Labute approximate surface area is 155 Å². The first kappa shape index (κ1) is 17.7. The molecule has 7 heteroatoms. The largest absolute Gasteiger partial charge is 0.496 e. The molecule has 0 aliphatic carbocycles. The first-order valence-corrected chi connectivity index (χ1v) is 8.90. The van der Waals surface area contributed by atoms with Gasteiger partial charge in [0.15, 0.2) is 0 Å². The lowest BCUT2D eigenvalue weighted by Crippen LogP contribution is -2.45. The second kappa shape index (κ2) is 7.84. The lowest BCUT2D eigenvalue weighted by Gasteiger charge is -2.36. The Morgan fingerprint density at radius 2 is 1.80 bits per heavy atom. The van der Waals surface area contributed by atoms with E-state index in [0.29, 0.717) is 0 Å². The Morgan fingerprint density at radius 1 is 1.12 bits per heavy atom. The highest BCUT2D eigenvalue weighted by molar-refractivity contribution is 9.10. The molecule has 0 saturated carbocycles. The molecule has 0 unspecified atom stereocenters. The summed E-state index contributed by atoms with van der Waals surface area (Å²) < 4.78 is 6.24. The number of halogens is 1. The van der Waals surface area contributed by atoms with Crippen LogP contribution >= 0.6 is 15.9 Å². The summed E-state index contributed by atoms with van der Waals surface area (Å²) in [5.41, 5.74) is 2.42. The van der Waals surface area contributed by atoms with Crippen molar-refractivity contribution in [2.45, 2.75) is 6.54 Å². The summed E-state index contributed by atoms with van der Waals surface area (Å²) in [7, 11) is 1.66. The standard InChI is InChI=1S/C18H20BrN3O3/c1-25-18-7-2-14(12-17(18)19)13-20-8-10-21(11-9-20)15-3-5-16(6-4-15)22(23)24/h2-7,12H,8-11,13H2,1H3. The highest BCUT2D eigenvalue weighted by atomic mass is 79.9. The van der Waals surface area contributed by atoms with Crippen molar-refractivity contribution in [1.82, 2.24) is 4.90 Å².